The van der Waals surface area contributed by atoms with Gasteiger partial charge in [0, 0.05) is 30.7 Å². The first-order valence-corrected chi connectivity index (χ1v) is 9.06. The Balaban J connectivity index is 1.73. The number of anilines is 1. The van der Waals surface area contributed by atoms with Crippen molar-refractivity contribution in [3.63, 3.8) is 0 Å². The van der Waals surface area contributed by atoms with Gasteiger partial charge in [0.15, 0.2) is 0 Å². The average Bonchev–Trinajstić information content (AvgIpc) is 2.63. The van der Waals surface area contributed by atoms with Crippen LogP contribution in [0.5, 0.6) is 0 Å². The quantitative estimate of drug-likeness (QED) is 0.706. The Kier molecular flexibility index (Phi) is 5.76. The predicted molar refractivity (Wildman–Crippen MR) is 99.8 cm³/mol. The summed E-state index contributed by atoms with van der Waals surface area (Å²) < 4.78 is 0. The molecule has 2 aromatic carbocycles. The monoisotopic (exact) mass is 342 g/mol. The lowest BCUT2D eigenvalue weighted by molar-refractivity contribution is 0.186. The van der Waals surface area contributed by atoms with Crippen molar-refractivity contribution in [2.75, 3.05) is 23.9 Å². The van der Waals surface area contributed by atoms with Crippen molar-refractivity contribution in [2.24, 2.45) is 0 Å². The van der Waals surface area contributed by atoms with Crippen molar-refractivity contribution < 1.29 is 4.79 Å². The lowest BCUT2D eigenvalue weighted by Gasteiger charge is -2.41. The molecule has 0 N–H and O–H groups in total. The highest BCUT2D eigenvalue weighted by atomic mass is 35.5. The van der Waals surface area contributed by atoms with E-state index in [1.54, 1.807) is 0 Å². The van der Waals surface area contributed by atoms with E-state index in [-0.39, 0.29) is 12.1 Å². The Morgan fingerprint density at radius 3 is 2.33 bits per heavy atom. The van der Waals surface area contributed by atoms with Crippen LogP contribution in [0.15, 0.2) is 60.7 Å². The second-order valence-electron chi connectivity index (χ2n) is 6.13. The summed E-state index contributed by atoms with van der Waals surface area (Å²) in [7, 11) is 0. The fourth-order valence-electron chi connectivity index (χ4n) is 3.26. The van der Waals surface area contributed by atoms with Crippen LogP contribution in [0.4, 0.5) is 10.5 Å². The summed E-state index contributed by atoms with van der Waals surface area (Å²) in [4.78, 5) is 16.9. The van der Waals surface area contributed by atoms with Gasteiger partial charge in [-0.1, -0.05) is 48.5 Å². The molecule has 24 heavy (non-hydrogen) atoms. The van der Waals surface area contributed by atoms with Gasteiger partial charge in [0.05, 0.1) is 0 Å². The molecule has 4 heteroatoms. The molecule has 3 nitrogen and oxygen atoms in total. The number of hydrogen-bond donors (Lipinski definition) is 0. The molecule has 1 unspecified atom stereocenters. The lowest BCUT2D eigenvalue weighted by Crippen LogP contribution is -2.55. The first kappa shape index (κ1) is 16.8. The Labute approximate surface area is 148 Å². The van der Waals surface area contributed by atoms with Crippen LogP contribution in [0.1, 0.15) is 18.4 Å². The molecule has 1 atom stereocenters. The van der Waals surface area contributed by atoms with Gasteiger partial charge in [-0.25, -0.2) is 4.79 Å². The Hall–Kier alpha value is -2.00. The van der Waals surface area contributed by atoms with Crippen LogP contribution in [-0.4, -0.2) is 35.9 Å². The molecule has 0 saturated carbocycles. The van der Waals surface area contributed by atoms with Crippen molar-refractivity contribution in [1.29, 1.82) is 0 Å². The van der Waals surface area contributed by atoms with Crippen LogP contribution in [0, 0.1) is 0 Å². The molecule has 0 spiro atoms. The molecule has 126 valence electrons. The number of benzene rings is 2. The minimum absolute atomic E-state index is 0.0958. The van der Waals surface area contributed by atoms with Crippen LogP contribution < -0.4 is 4.90 Å². The zero-order valence-corrected chi connectivity index (χ0v) is 14.5. The fourth-order valence-corrected chi connectivity index (χ4v) is 3.52. The largest absolute Gasteiger partial charge is 0.324 e. The summed E-state index contributed by atoms with van der Waals surface area (Å²) in [6.07, 6.45) is 2.67. The maximum atomic E-state index is 13.0. The number of nitrogens with zero attached hydrogens (tertiary/aromatic N) is 2. The van der Waals surface area contributed by atoms with E-state index in [2.05, 4.69) is 12.1 Å². The Bertz CT molecular complexity index is 647. The van der Waals surface area contributed by atoms with E-state index in [0.717, 1.165) is 38.0 Å². The molecule has 0 aromatic heterocycles. The SMILES string of the molecule is O=C1N(CCc2ccccc2)CCC(CCCl)N1c1ccccc1. The summed E-state index contributed by atoms with van der Waals surface area (Å²) in [6, 6.07) is 20.5. The third-order valence-corrected chi connectivity index (χ3v) is 4.78. The maximum Gasteiger partial charge on any atom is 0.324 e. The van der Waals surface area contributed by atoms with Crippen molar-refractivity contribution in [3.05, 3.63) is 66.2 Å². The highest BCUT2D eigenvalue weighted by Gasteiger charge is 2.33. The van der Waals surface area contributed by atoms with Gasteiger partial charge in [-0.05, 0) is 37.0 Å². The second-order valence-corrected chi connectivity index (χ2v) is 6.51. The number of urea groups is 1. The summed E-state index contributed by atoms with van der Waals surface area (Å²) in [5, 5.41) is 0. The zero-order valence-electron chi connectivity index (χ0n) is 13.8. The molecule has 3 rings (SSSR count). The van der Waals surface area contributed by atoms with Crippen molar-refractivity contribution in [1.82, 2.24) is 4.90 Å². The molecule has 1 fully saturated rings. The molecule has 2 amide bonds. The normalized spacial score (nSPS) is 18.0. The number of para-hydroxylation sites is 1. The van der Waals surface area contributed by atoms with E-state index >= 15 is 0 Å². The highest BCUT2D eigenvalue weighted by molar-refractivity contribution is 6.17. The van der Waals surface area contributed by atoms with Crippen LogP contribution in [-0.2, 0) is 6.42 Å². The molecule has 2 aromatic rings. The average molecular weight is 343 g/mol. The van der Waals surface area contributed by atoms with Crippen LogP contribution in [0.25, 0.3) is 0 Å². The minimum Gasteiger partial charge on any atom is -0.324 e. The topological polar surface area (TPSA) is 23.6 Å². The van der Waals surface area contributed by atoms with Gasteiger partial charge >= 0.3 is 6.03 Å². The smallest absolute Gasteiger partial charge is 0.324 e. The zero-order chi connectivity index (χ0) is 16.8. The molecule has 1 heterocycles. The van der Waals surface area contributed by atoms with Crippen LogP contribution in [0.3, 0.4) is 0 Å². The molecule has 0 aliphatic carbocycles. The minimum atomic E-state index is 0.0958. The first-order valence-electron chi connectivity index (χ1n) is 8.52. The maximum absolute atomic E-state index is 13.0. The summed E-state index contributed by atoms with van der Waals surface area (Å²) in [5.74, 6) is 0.575. The summed E-state index contributed by atoms with van der Waals surface area (Å²) in [5.41, 5.74) is 2.22. The van der Waals surface area contributed by atoms with Gasteiger partial charge in [-0.15, -0.1) is 11.6 Å². The van der Waals surface area contributed by atoms with E-state index in [4.69, 9.17) is 11.6 Å². The van der Waals surface area contributed by atoms with Crippen LogP contribution in [0.2, 0.25) is 0 Å². The number of amides is 2. The summed E-state index contributed by atoms with van der Waals surface area (Å²) in [6.45, 7) is 1.55. The van der Waals surface area contributed by atoms with E-state index in [1.807, 2.05) is 58.3 Å². The van der Waals surface area contributed by atoms with Gasteiger partial charge in [-0.2, -0.15) is 0 Å². The standard InChI is InChI=1S/C20H23ClN2O/c21-14-11-19-13-16-22(15-12-17-7-3-1-4-8-17)20(24)23(19)18-9-5-2-6-10-18/h1-10,19H,11-16H2. The highest BCUT2D eigenvalue weighted by Crippen LogP contribution is 2.26. The van der Waals surface area contributed by atoms with Gasteiger partial charge < -0.3 is 4.90 Å². The van der Waals surface area contributed by atoms with E-state index in [1.165, 1.54) is 5.56 Å². The van der Waals surface area contributed by atoms with Crippen LogP contribution >= 0.6 is 11.6 Å². The first-order chi connectivity index (χ1) is 11.8. The molecule has 1 saturated heterocycles. The molecular weight excluding hydrogens is 320 g/mol. The van der Waals surface area contributed by atoms with Gasteiger partial charge in [0.1, 0.15) is 0 Å². The van der Waals surface area contributed by atoms with Crippen molar-refractivity contribution in [3.8, 4) is 0 Å². The second kappa shape index (κ2) is 8.20. The van der Waals surface area contributed by atoms with Gasteiger partial charge in [-0.3, -0.25) is 4.90 Å². The van der Waals surface area contributed by atoms with Gasteiger partial charge in [0.25, 0.3) is 0 Å². The number of carbonyl (C=O) groups is 1. The number of carbonyl (C=O) groups excluding carboxylic acids is 1. The Morgan fingerprint density at radius 1 is 1.00 bits per heavy atom. The molecule has 0 radical (unpaired) electrons. The number of halogens is 1. The Morgan fingerprint density at radius 2 is 1.67 bits per heavy atom. The van der Waals surface area contributed by atoms with E-state index < -0.39 is 0 Å². The molecule has 1 aliphatic heterocycles. The number of alkyl halides is 1. The van der Waals surface area contributed by atoms with Crippen molar-refractivity contribution >= 4 is 23.3 Å². The molecule has 0 bridgehead atoms. The number of hydrogen-bond acceptors (Lipinski definition) is 1. The van der Waals surface area contributed by atoms with Gasteiger partial charge in [0.2, 0.25) is 0 Å². The molecule has 1 aliphatic rings. The number of rotatable bonds is 6. The van der Waals surface area contributed by atoms with E-state index in [0.29, 0.717) is 5.88 Å². The third-order valence-electron chi connectivity index (χ3n) is 4.56. The van der Waals surface area contributed by atoms with E-state index in [9.17, 15) is 4.79 Å². The summed E-state index contributed by atoms with van der Waals surface area (Å²) >= 11 is 5.96. The molecular formula is C20H23ClN2O. The predicted octanol–water partition coefficient (Wildman–Crippen LogP) is 4.56. The lowest BCUT2D eigenvalue weighted by atomic mass is 10.0. The fraction of sp³-hybridized carbons (Fsp3) is 0.350. The third kappa shape index (κ3) is 3.90. The van der Waals surface area contributed by atoms with Crippen molar-refractivity contribution in [2.45, 2.75) is 25.3 Å².